The average Bonchev–Trinajstić information content (AvgIpc) is 2.31. The molecule has 0 saturated heterocycles. The van der Waals surface area contributed by atoms with Gasteiger partial charge in [-0.15, -0.1) is 0 Å². The molecule has 0 aliphatic heterocycles. The van der Waals surface area contributed by atoms with Crippen LogP contribution in [0.3, 0.4) is 0 Å². The molecule has 0 bridgehead atoms. The number of carbonyl (C=O) groups is 2. The van der Waals surface area contributed by atoms with Gasteiger partial charge in [-0.3, -0.25) is 9.59 Å². The molecule has 3 nitrogen and oxygen atoms in total. The van der Waals surface area contributed by atoms with Crippen LogP contribution in [0.25, 0.3) is 0 Å². The average molecular weight is 243 g/mol. The van der Waals surface area contributed by atoms with E-state index in [4.69, 9.17) is 0 Å². The molecule has 1 aliphatic carbocycles. The van der Waals surface area contributed by atoms with Gasteiger partial charge in [-0.1, -0.05) is 45.0 Å². The predicted molar refractivity (Wildman–Crippen MR) is 70.6 cm³/mol. The summed E-state index contributed by atoms with van der Waals surface area (Å²) in [5.41, 5.74) is 1.43. The van der Waals surface area contributed by atoms with Crippen LogP contribution in [0, 0.1) is 5.41 Å². The first-order valence-corrected chi connectivity index (χ1v) is 6.02. The summed E-state index contributed by atoms with van der Waals surface area (Å²) in [6.07, 6.45) is 1.40. The summed E-state index contributed by atoms with van der Waals surface area (Å²) in [6.45, 7) is 6.87. The smallest absolute Gasteiger partial charge is 0.209 e. The zero-order chi connectivity index (χ0) is 13.3. The zero-order valence-corrected chi connectivity index (χ0v) is 10.9. The highest BCUT2D eigenvalue weighted by molar-refractivity contribution is 6.24. The Morgan fingerprint density at radius 1 is 1.06 bits per heavy atom. The Balaban J connectivity index is 2.26. The minimum atomic E-state index is -0.110. The molecule has 18 heavy (non-hydrogen) atoms. The first-order valence-electron chi connectivity index (χ1n) is 6.02. The van der Waals surface area contributed by atoms with Crippen molar-refractivity contribution < 1.29 is 9.59 Å². The standard InChI is InChI=1S/C15H17NO2/c1-15(2,3)9-16-12-8-13(17)10-6-4-5-7-11(10)14(12)18/h4-8,16H,9H2,1-3H3. The van der Waals surface area contributed by atoms with Gasteiger partial charge >= 0.3 is 0 Å². The van der Waals surface area contributed by atoms with Gasteiger partial charge in [0.1, 0.15) is 0 Å². The monoisotopic (exact) mass is 243 g/mol. The third-order valence-corrected chi connectivity index (χ3v) is 2.77. The molecule has 0 aromatic heterocycles. The fourth-order valence-corrected chi connectivity index (χ4v) is 1.81. The van der Waals surface area contributed by atoms with Crippen LogP contribution in [0.5, 0.6) is 0 Å². The molecule has 1 aliphatic rings. The molecule has 0 atom stereocenters. The SMILES string of the molecule is CC(C)(C)CNC1=CC(=O)c2ccccc2C1=O. The Morgan fingerprint density at radius 2 is 1.67 bits per heavy atom. The summed E-state index contributed by atoms with van der Waals surface area (Å²) in [4.78, 5) is 24.1. The molecule has 0 amide bonds. The van der Waals surface area contributed by atoms with Crippen LogP contribution in [0.4, 0.5) is 0 Å². The minimum Gasteiger partial charge on any atom is -0.381 e. The topological polar surface area (TPSA) is 46.2 Å². The van der Waals surface area contributed by atoms with E-state index in [1.807, 2.05) is 0 Å². The maximum atomic E-state index is 12.2. The lowest BCUT2D eigenvalue weighted by molar-refractivity contribution is 0.0977. The number of ketones is 2. The van der Waals surface area contributed by atoms with Gasteiger partial charge in [0.25, 0.3) is 0 Å². The van der Waals surface area contributed by atoms with Crippen molar-refractivity contribution in [3.8, 4) is 0 Å². The Labute approximate surface area is 107 Å². The first kappa shape index (κ1) is 12.6. The van der Waals surface area contributed by atoms with Crippen molar-refractivity contribution >= 4 is 11.6 Å². The van der Waals surface area contributed by atoms with Crippen molar-refractivity contribution in [1.29, 1.82) is 0 Å². The molecule has 2 rings (SSSR count). The molecule has 3 heteroatoms. The summed E-state index contributed by atoms with van der Waals surface area (Å²) in [5.74, 6) is -0.212. The van der Waals surface area contributed by atoms with Crippen molar-refractivity contribution in [3.63, 3.8) is 0 Å². The number of rotatable bonds is 2. The van der Waals surface area contributed by atoms with E-state index < -0.39 is 0 Å². The van der Waals surface area contributed by atoms with Crippen molar-refractivity contribution in [2.75, 3.05) is 6.54 Å². The normalized spacial score (nSPS) is 15.2. The lowest BCUT2D eigenvalue weighted by Crippen LogP contribution is -2.32. The summed E-state index contributed by atoms with van der Waals surface area (Å²) in [6, 6.07) is 6.93. The van der Waals surface area contributed by atoms with Gasteiger partial charge in [-0.2, -0.15) is 0 Å². The minimum absolute atomic E-state index is 0.0567. The maximum Gasteiger partial charge on any atom is 0.209 e. The van der Waals surface area contributed by atoms with E-state index in [-0.39, 0.29) is 17.0 Å². The summed E-state index contributed by atoms with van der Waals surface area (Å²) in [7, 11) is 0. The Bertz CT molecular complexity index is 536. The second kappa shape index (κ2) is 4.41. The molecular formula is C15H17NO2. The van der Waals surface area contributed by atoms with E-state index in [0.717, 1.165) is 0 Å². The number of Topliss-reactive ketones (excluding diaryl/α,β-unsaturated/α-hetero) is 1. The summed E-state index contributed by atoms with van der Waals surface area (Å²) < 4.78 is 0. The van der Waals surface area contributed by atoms with Crippen LogP contribution < -0.4 is 5.32 Å². The molecule has 0 fully saturated rings. The molecule has 1 N–H and O–H groups in total. The Morgan fingerprint density at radius 3 is 2.28 bits per heavy atom. The highest BCUT2D eigenvalue weighted by Gasteiger charge is 2.25. The van der Waals surface area contributed by atoms with Crippen LogP contribution in [-0.2, 0) is 0 Å². The fraction of sp³-hybridized carbons (Fsp3) is 0.333. The van der Waals surface area contributed by atoms with E-state index >= 15 is 0 Å². The number of nitrogens with one attached hydrogen (secondary N) is 1. The number of benzene rings is 1. The summed E-state index contributed by atoms with van der Waals surface area (Å²) in [5, 5.41) is 3.07. The molecule has 0 radical (unpaired) electrons. The lowest BCUT2D eigenvalue weighted by Gasteiger charge is -2.22. The fourth-order valence-electron chi connectivity index (χ4n) is 1.81. The van der Waals surface area contributed by atoms with Gasteiger partial charge in [0, 0.05) is 23.7 Å². The zero-order valence-electron chi connectivity index (χ0n) is 10.9. The van der Waals surface area contributed by atoms with Crippen molar-refractivity contribution in [2.24, 2.45) is 5.41 Å². The third kappa shape index (κ3) is 2.50. The Kier molecular flexibility index (Phi) is 3.07. The van der Waals surface area contributed by atoms with Gasteiger partial charge in [0.2, 0.25) is 5.78 Å². The highest BCUT2D eigenvalue weighted by atomic mass is 16.1. The maximum absolute atomic E-state index is 12.2. The van der Waals surface area contributed by atoms with E-state index in [1.165, 1.54) is 6.08 Å². The van der Waals surface area contributed by atoms with Crippen LogP contribution in [-0.4, -0.2) is 18.1 Å². The number of fused-ring (bicyclic) bond motifs is 1. The van der Waals surface area contributed by atoms with Crippen LogP contribution in [0.2, 0.25) is 0 Å². The predicted octanol–water partition coefficient (Wildman–Crippen LogP) is 2.59. The number of carbonyl (C=O) groups excluding carboxylic acids is 2. The largest absolute Gasteiger partial charge is 0.381 e. The first-order chi connectivity index (χ1) is 8.38. The number of allylic oxidation sites excluding steroid dienone is 2. The van der Waals surface area contributed by atoms with Crippen LogP contribution in [0.15, 0.2) is 36.0 Å². The number of hydrogen-bond acceptors (Lipinski definition) is 3. The van der Waals surface area contributed by atoms with Crippen molar-refractivity contribution in [3.05, 3.63) is 47.2 Å². The lowest BCUT2D eigenvalue weighted by atomic mass is 9.91. The van der Waals surface area contributed by atoms with Crippen LogP contribution in [0.1, 0.15) is 41.5 Å². The number of hydrogen-bond donors (Lipinski definition) is 1. The molecule has 1 aromatic carbocycles. The van der Waals surface area contributed by atoms with E-state index in [9.17, 15) is 9.59 Å². The molecule has 0 spiro atoms. The second-order valence-corrected chi connectivity index (χ2v) is 5.71. The van der Waals surface area contributed by atoms with Gasteiger partial charge in [0.05, 0.1) is 5.70 Å². The van der Waals surface area contributed by atoms with Crippen molar-refractivity contribution in [1.82, 2.24) is 5.32 Å². The van der Waals surface area contributed by atoms with Crippen LogP contribution >= 0.6 is 0 Å². The molecule has 94 valence electrons. The molecule has 0 saturated carbocycles. The molecule has 0 unspecified atom stereocenters. The van der Waals surface area contributed by atoms with Gasteiger partial charge < -0.3 is 5.32 Å². The quantitative estimate of drug-likeness (QED) is 0.868. The molecule has 0 heterocycles. The van der Waals surface area contributed by atoms with Gasteiger partial charge in [-0.05, 0) is 5.41 Å². The van der Waals surface area contributed by atoms with E-state index in [0.29, 0.717) is 23.4 Å². The van der Waals surface area contributed by atoms with Crippen molar-refractivity contribution in [2.45, 2.75) is 20.8 Å². The van der Waals surface area contributed by atoms with Gasteiger partial charge in [0.15, 0.2) is 5.78 Å². The van der Waals surface area contributed by atoms with E-state index in [2.05, 4.69) is 26.1 Å². The summed E-state index contributed by atoms with van der Waals surface area (Å²) >= 11 is 0. The third-order valence-electron chi connectivity index (χ3n) is 2.77. The Hall–Kier alpha value is -1.90. The van der Waals surface area contributed by atoms with E-state index in [1.54, 1.807) is 24.3 Å². The molecular weight excluding hydrogens is 226 g/mol. The molecule has 1 aromatic rings. The van der Waals surface area contributed by atoms with Gasteiger partial charge in [-0.25, -0.2) is 0 Å². The highest BCUT2D eigenvalue weighted by Crippen LogP contribution is 2.20. The second-order valence-electron chi connectivity index (χ2n) is 5.71.